The first-order valence-corrected chi connectivity index (χ1v) is 4.50. The maximum Gasteiger partial charge on any atom is 0.335 e. The molecule has 0 atom stereocenters. The monoisotopic (exact) mass is 192 g/mol. The Morgan fingerprint density at radius 2 is 1.93 bits per heavy atom. The van der Waals surface area contributed by atoms with Crippen molar-refractivity contribution in [3.63, 3.8) is 0 Å². The first-order chi connectivity index (χ1) is 6.74. The predicted octanol–water partition coefficient (Wildman–Crippen LogP) is 1.91. The van der Waals surface area contributed by atoms with E-state index in [4.69, 9.17) is 5.11 Å². The molecule has 0 unspecified atom stereocenters. The number of unbranched alkanes of at least 4 members (excludes halogenated alkanes) is 1. The zero-order valence-electron chi connectivity index (χ0n) is 7.77. The second-order valence-electron chi connectivity index (χ2n) is 3.06. The van der Waals surface area contributed by atoms with E-state index >= 15 is 0 Å². The van der Waals surface area contributed by atoms with Crippen molar-refractivity contribution >= 4 is 12.3 Å². The van der Waals surface area contributed by atoms with Crippen molar-refractivity contribution in [3.05, 3.63) is 35.4 Å². The van der Waals surface area contributed by atoms with Crippen LogP contribution in [0.25, 0.3) is 0 Å². The lowest BCUT2D eigenvalue weighted by molar-refractivity contribution is -0.107. The Kier molecular flexibility index (Phi) is 3.85. The maximum absolute atomic E-state index is 10.5. The fourth-order valence-electron chi connectivity index (χ4n) is 1.20. The highest BCUT2D eigenvalue weighted by atomic mass is 16.4. The second-order valence-corrected chi connectivity index (χ2v) is 3.06. The summed E-state index contributed by atoms with van der Waals surface area (Å²) in [6, 6.07) is 6.74. The van der Waals surface area contributed by atoms with E-state index < -0.39 is 5.97 Å². The molecule has 1 aromatic carbocycles. The molecular formula is C11H12O3. The van der Waals surface area contributed by atoms with Gasteiger partial charge in [-0.25, -0.2) is 4.79 Å². The van der Waals surface area contributed by atoms with Gasteiger partial charge < -0.3 is 9.90 Å². The molecule has 0 fully saturated rings. The molecule has 0 aromatic heterocycles. The van der Waals surface area contributed by atoms with Crippen molar-refractivity contribution in [2.45, 2.75) is 19.3 Å². The number of hydrogen-bond acceptors (Lipinski definition) is 2. The molecule has 0 radical (unpaired) electrons. The Morgan fingerprint density at radius 3 is 2.43 bits per heavy atom. The zero-order valence-corrected chi connectivity index (χ0v) is 7.77. The third-order valence-corrected chi connectivity index (χ3v) is 1.99. The third-order valence-electron chi connectivity index (χ3n) is 1.99. The van der Waals surface area contributed by atoms with E-state index in [9.17, 15) is 9.59 Å². The molecule has 0 heterocycles. The van der Waals surface area contributed by atoms with Crippen LogP contribution in [0.5, 0.6) is 0 Å². The molecular weight excluding hydrogens is 180 g/mol. The van der Waals surface area contributed by atoms with Crippen molar-refractivity contribution in [1.82, 2.24) is 0 Å². The van der Waals surface area contributed by atoms with E-state index in [0.717, 1.165) is 24.7 Å². The highest BCUT2D eigenvalue weighted by Gasteiger charge is 2.00. The first kappa shape index (κ1) is 10.4. The highest BCUT2D eigenvalue weighted by molar-refractivity contribution is 5.87. The van der Waals surface area contributed by atoms with Gasteiger partial charge >= 0.3 is 5.97 Å². The number of rotatable bonds is 5. The van der Waals surface area contributed by atoms with E-state index in [1.54, 1.807) is 24.3 Å². The first-order valence-electron chi connectivity index (χ1n) is 4.50. The van der Waals surface area contributed by atoms with Crippen molar-refractivity contribution in [2.24, 2.45) is 0 Å². The summed E-state index contributed by atoms with van der Waals surface area (Å²) in [5.74, 6) is -0.913. The van der Waals surface area contributed by atoms with Crippen molar-refractivity contribution in [3.8, 4) is 0 Å². The molecule has 1 rings (SSSR count). The van der Waals surface area contributed by atoms with Crippen molar-refractivity contribution in [2.75, 3.05) is 0 Å². The van der Waals surface area contributed by atoms with Crippen LogP contribution >= 0.6 is 0 Å². The minimum absolute atomic E-state index is 0.295. The van der Waals surface area contributed by atoms with Gasteiger partial charge in [0.2, 0.25) is 0 Å². The fraction of sp³-hybridized carbons (Fsp3) is 0.273. The van der Waals surface area contributed by atoms with Crippen LogP contribution in [0, 0.1) is 0 Å². The average molecular weight is 192 g/mol. The summed E-state index contributed by atoms with van der Waals surface area (Å²) in [4.78, 5) is 20.6. The number of benzene rings is 1. The lowest BCUT2D eigenvalue weighted by Gasteiger charge is -1.99. The Morgan fingerprint density at radius 1 is 1.29 bits per heavy atom. The minimum atomic E-state index is -0.913. The van der Waals surface area contributed by atoms with Gasteiger partial charge in [-0.1, -0.05) is 12.1 Å². The molecule has 3 nitrogen and oxygen atoms in total. The molecule has 3 heteroatoms. The Labute approximate surface area is 82.4 Å². The van der Waals surface area contributed by atoms with Crippen LogP contribution in [0.4, 0.5) is 0 Å². The number of aryl methyl sites for hydroxylation is 1. The highest BCUT2D eigenvalue weighted by Crippen LogP contribution is 2.07. The summed E-state index contributed by atoms with van der Waals surface area (Å²) < 4.78 is 0. The van der Waals surface area contributed by atoms with E-state index in [1.165, 1.54) is 0 Å². The van der Waals surface area contributed by atoms with Crippen LogP contribution in [0.2, 0.25) is 0 Å². The van der Waals surface area contributed by atoms with Crippen LogP contribution < -0.4 is 0 Å². The summed E-state index contributed by atoms with van der Waals surface area (Å²) in [5.41, 5.74) is 1.36. The molecule has 0 aliphatic rings. The zero-order chi connectivity index (χ0) is 10.4. The number of aromatic carboxylic acids is 1. The third kappa shape index (κ3) is 3.01. The molecule has 0 amide bonds. The Hall–Kier alpha value is -1.64. The number of carbonyl (C=O) groups is 2. The summed E-state index contributed by atoms with van der Waals surface area (Å²) >= 11 is 0. The van der Waals surface area contributed by atoms with Crippen LogP contribution in [0.15, 0.2) is 24.3 Å². The minimum Gasteiger partial charge on any atom is -0.478 e. The number of carboxylic acids is 1. The molecule has 0 bridgehead atoms. The average Bonchev–Trinajstić information content (AvgIpc) is 2.19. The normalized spacial score (nSPS) is 9.71. The number of carboxylic acid groups (broad SMARTS) is 1. The van der Waals surface area contributed by atoms with Gasteiger partial charge in [-0.3, -0.25) is 0 Å². The maximum atomic E-state index is 10.5. The smallest absolute Gasteiger partial charge is 0.335 e. The summed E-state index contributed by atoms with van der Waals surface area (Å²) in [6.07, 6.45) is 3.08. The molecule has 0 spiro atoms. The van der Waals surface area contributed by atoms with Crippen molar-refractivity contribution in [1.29, 1.82) is 0 Å². The predicted molar refractivity (Wildman–Crippen MR) is 52.4 cm³/mol. The molecule has 74 valence electrons. The van der Waals surface area contributed by atoms with Gasteiger partial charge in [0.1, 0.15) is 6.29 Å². The standard InChI is InChI=1S/C11H12O3/c12-8-2-1-3-9-4-6-10(7-5-9)11(13)14/h4-8H,1-3H2,(H,13,14). The molecule has 0 saturated carbocycles. The van der Waals surface area contributed by atoms with Crippen LogP contribution in [0.1, 0.15) is 28.8 Å². The van der Waals surface area contributed by atoms with Gasteiger partial charge in [0, 0.05) is 6.42 Å². The van der Waals surface area contributed by atoms with Gasteiger partial charge in [-0.15, -0.1) is 0 Å². The molecule has 14 heavy (non-hydrogen) atoms. The lowest BCUT2D eigenvalue weighted by Crippen LogP contribution is -1.96. The molecule has 0 aliphatic heterocycles. The topological polar surface area (TPSA) is 54.4 Å². The Bertz CT molecular complexity index is 314. The lowest BCUT2D eigenvalue weighted by atomic mass is 10.1. The fourth-order valence-corrected chi connectivity index (χ4v) is 1.20. The number of carbonyl (C=O) groups excluding carboxylic acids is 1. The van der Waals surface area contributed by atoms with Crippen molar-refractivity contribution < 1.29 is 14.7 Å². The van der Waals surface area contributed by atoms with Crippen LogP contribution in [0.3, 0.4) is 0 Å². The van der Waals surface area contributed by atoms with Gasteiger partial charge in [0.15, 0.2) is 0 Å². The van der Waals surface area contributed by atoms with Crippen LogP contribution in [-0.2, 0) is 11.2 Å². The molecule has 1 aromatic rings. The van der Waals surface area contributed by atoms with Gasteiger partial charge in [-0.05, 0) is 30.5 Å². The van der Waals surface area contributed by atoms with E-state index in [1.807, 2.05) is 0 Å². The quantitative estimate of drug-likeness (QED) is 0.572. The van der Waals surface area contributed by atoms with E-state index in [0.29, 0.717) is 12.0 Å². The molecule has 1 N–H and O–H groups in total. The van der Waals surface area contributed by atoms with Gasteiger partial charge in [0.05, 0.1) is 5.56 Å². The largest absolute Gasteiger partial charge is 0.478 e. The number of hydrogen-bond donors (Lipinski definition) is 1. The summed E-state index contributed by atoms with van der Waals surface area (Å²) in [6.45, 7) is 0. The second kappa shape index (κ2) is 5.17. The number of aldehydes is 1. The summed E-state index contributed by atoms with van der Waals surface area (Å²) in [5, 5.41) is 8.64. The summed E-state index contributed by atoms with van der Waals surface area (Å²) in [7, 11) is 0. The molecule has 0 saturated heterocycles. The Balaban J connectivity index is 2.55. The van der Waals surface area contributed by atoms with Gasteiger partial charge in [0.25, 0.3) is 0 Å². The SMILES string of the molecule is O=CCCCc1ccc(C(=O)O)cc1. The van der Waals surface area contributed by atoms with Crippen LogP contribution in [-0.4, -0.2) is 17.4 Å². The van der Waals surface area contributed by atoms with E-state index in [-0.39, 0.29) is 0 Å². The van der Waals surface area contributed by atoms with E-state index in [2.05, 4.69) is 0 Å². The molecule has 0 aliphatic carbocycles. The van der Waals surface area contributed by atoms with Gasteiger partial charge in [-0.2, -0.15) is 0 Å².